The molecule has 32 heavy (non-hydrogen) atoms. The van der Waals surface area contributed by atoms with Crippen molar-refractivity contribution in [1.29, 1.82) is 0 Å². The summed E-state index contributed by atoms with van der Waals surface area (Å²) in [6, 6.07) is 13.6. The number of carbonyl (C=O) groups excluding carboxylic acids is 2. The Morgan fingerprint density at radius 1 is 1.19 bits per heavy atom. The molecule has 1 aliphatic rings. The highest BCUT2D eigenvalue weighted by atomic mass is 32.2. The molecule has 0 saturated carbocycles. The third kappa shape index (κ3) is 4.49. The van der Waals surface area contributed by atoms with Crippen LogP contribution in [0.2, 0.25) is 0 Å². The molecule has 1 unspecified atom stereocenters. The summed E-state index contributed by atoms with van der Waals surface area (Å²) in [4.78, 5) is 26.8. The first kappa shape index (κ1) is 22.7. The van der Waals surface area contributed by atoms with E-state index in [0.29, 0.717) is 18.5 Å². The standard InChI is InChI=1S/C22H22N2O5S3/c1-2-29-22(26)20-16(14-18(31-20)15-8-4-3-5-9-15)23-21(25)17-10-6-12-24(17)32(27,28)19-11-7-13-30-19/h3-5,7-9,11,13-14,17H,2,6,10,12H2,1H3,(H,23,25). The molecule has 1 aliphatic heterocycles. The van der Waals surface area contributed by atoms with E-state index < -0.39 is 27.9 Å². The Hall–Kier alpha value is -2.53. The average Bonchev–Trinajstić information content (AvgIpc) is 3.55. The molecule has 1 N–H and O–H groups in total. The number of nitrogens with zero attached hydrogens (tertiary/aromatic N) is 1. The number of amides is 1. The molecular weight excluding hydrogens is 468 g/mol. The van der Waals surface area contributed by atoms with Gasteiger partial charge in [0, 0.05) is 11.4 Å². The van der Waals surface area contributed by atoms with Gasteiger partial charge in [0.2, 0.25) is 5.91 Å². The summed E-state index contributed by atoms with van der Waals surface area (Å²) in [5, 5.41) is 4.49. The predicted octanol–water partition coefficient (Wildman–Crippen LogP) is 4.45. The number of rotatable bonds is 7. The van der Waals surface area contributed by atoms with E-state index in [0.717, 1.165) is 21.8 Å². The third-order valence-electron chi connectivity index (χ3n) is 5.07. The fourth-order valence-electron chi connectivity index (χ4n) is 3.61. The van der Waals surface area contributed by atoms with Crippen LogP contribution in [0.15, 0.2) is 58.1 Å². The van der Waals surface area contributed by atoms with Crippen molar-refractivity contribution in [2.75, 3.05) is 18.5 Å². The van der Waals surface area contributed by atoms with Gasteiger partial charge in [0.1, 0.15) is 15.1 Å². The van der Waals surface area contributed by atoms with Crippen molar-refractivity contribution in [1.82, 2.24) is 4.31 Å². The maximum Gasteiger partial charge on any atom is 0.350 e. The Balaban J connectivity index is 1.62. The maximum absolute atomic E-state index is 13.2. The van der Waals surface area contributed by atoms with Gasteiger partial charge in [0.05, 0.1) is 12.3 Å². The summed E-state index contributed by atoms with van der Waals surface area (Å²) in [5.41, 5.74) is 1.24. The van der Waals surface area contributed by atoms with Crippen LogP contribution >= 0.6 is 22.7 Å². The van der Waals surface area contributed by atoms with E-state index >= 15 is 0 Å². The van der Waals surface area contributed by atoms with E-state index in [4.69, 9.17) is 4.74 Å². The summed E-state index contributed by atoms with van der Waals surface area (Å²) in [6.07, 6.45) is 1.01. The highest BCUT2D eigenvalue weighted by molar-refractivity contribution is 7.91. The number of ether oxygens (including phenoxy) is 1. The fraction of sp³-hybridized carbons (Fsp3) is 0.273. The second-order valence-corrected chi connectivity index (χ2v) is 11.3. The topological polar surface area (TPSA) is 92.8 Å². The monoisotopic (exact) mass is 490 g/mol. The van der Waals surface area contributed by atoms with Crippen LogP contribution in [0.5, 0.6) is 0 Å². The zero-order chi connectivity index (χ0) is 22.7. The molecule has 0 aliphatic carbocycles. The van der Waals surface area contributed by atoms with Crippen molar-refractivity contribution in [2.24, 2.45) is 0 Å². The normalized spacial score (nSPS) is 16.7. The van der Waals surface area contributed by atoms with Gasteiger partial charge in [-0.1, -0.05) is 36.4 Å². The lowest BCUT2D eigenvalue weighted by atomic mass is 10.2. The van der Waals surface area contributed by atoms with Crippen LogP contribution < -0.4 is 5.32 Å². The third-order valence-corrected chi connectivity index (χ3v) is 9.52. The zero-order valence-electron chi connectivity index (χ0n) is 17.3. The van der Waals surface area contributed by atoms with E-state index in [1.165, 1.54) is 21.7 Å². The molecule has 1 atom stereocenters. The number of carbonyl (C=O) groups is 2. The molecule has 7 nitrogen and oxygen atoms in total. The first-order chi connectivity index (χ1) is 15.4. The largest absolute Gasteiger partial charge is 0.462 e. The lowest BCUT2D eigenvalue weighted by Gasteiger charge is -2.22. The summed E-state index contributed by atoms with van der Waals surface area (Å²) < 4.78 is 32.6. The van der Waals surface area contributed by atoms with Gasteiger partial charge in [-0.25, -0.2) is 13.2 Å². The Morgan fingerprint density at radius 2 is 1.97 bits per heavy atom. The lowest BCUT2D eigenvalue weighted by molar-refractivity contribution is -0.119. The predicted molar refractivity (Wildman–Crippen MR) is 126 cm³/mol. The molecule has 3 aromatic rings. The number of anilines is 1. The van der Waals surface area contributed by atoms with Crippen LogP contribution in [0.3, 0.4) is 0 Å². The Morgan fingerprint density at radius 3 is 2.66 bits per heavy atom. The van der Waals surface area contributed by atoms with Crippen molar-refractivity contribution in [2.45, 2.75) is 30.0 Å². The Bertz CT molecular complexity index is 1200. The molecule has 2 aromatic heterocycles. The van der Waals surface area contributed by atoms with Crippen molar-refractivity contribution in [3.8, 4) is 10.4 Å². The average molecular weight is 491 g/mol. The van der Waals surface area contributed by atoms with Crippen LogP contribution in [0.1, 0.15) is 29.4 Å². The van der Waals surface area contributed by atoms with Crippen LogP contribution in [0, 0.1) is 0 Å². The van der Waals surface area contributed by atoms with Crippen LogP contribution in [0.25, 0.3) is 10.4 Å². The van der Waals surface area contributed by atoms with Gasteiger partial charge in [-0.05, 0) is 42.8 Å². The van der Waals surface area contributed by atoms with Gasteiger partial charge in [-0.2, -0.15) is 4.31 Å². The van der Waals surface area contributed by atoms with E-state index in [2.05, 4.69) is 5.32 Å². The SMILES string of the molecule is CCOC(=O)c1sc(-c2ccccc2)cc1NC(=O)C1CCCN1S(=O)(=O)c1cccs1. The maximum atomic E-state index is 13.2. The van der Waals surface area contributed by atoms with E-state index in [9.17, 15) is 18.0 Å². The number of benzene rings is 1. The van der Waals surface area contributed by atoms with Crippen molar-refractivity contribution in [3.63, 3.8) is 0 Å². The number of hydrogen-bond acceptors (Lipinski definition) is 7. The number of nitrogens with one attached hydrogen (secondary N) is 1. The minimum atomic E-state index is -3.75. The van der Waals surface area contributed by atoms with Crippen LogP contribution in [0.4, 0.5) is 5.69 Å². The van der Waals surface area contributed by atoms with Gasteiger partial charge in [-0.15, -0.1) is 22.7 Å². The van der Waals surface area contributed by atoms with Gasteiger partial charge in [-0.3, -0.25) is 4.79 Å². The molecule has 1 fully saturated rings. The first-order valence-corrected chi connectivity index (χ1v) is 13.3. The smallest absolute Gasteiger partial charge is 0.350 e. The number of sulfonamides is 1. The molecule has 1 saturated heterocycles. The van der Waals surface area contributed by atoms with E-state index in [1.807, 2.05) is 30.3 Å². The molecule has 1 amide bonds. The van der Waals surface area contributed by atoms with Gasteiger partial charge in [0.25, 0.3) is 10.0 Å². The van der Waals surface area contributed by atoms with Crippen LogP contribution in [-0.4, -0.2) is 43.8 Å². The summed E-state index contributed by atoms with van der Waals surface area (Å²) in [6.45, 7) is 2.20. The van der Waals surface area contributed by atoms with Gasteiger partial charge in [0.15, 0.2) is 0 Å². The summed E-state index contributed by atoms with van der Waals surface area (Å²) in [5.74, 6) is -0.977. The zero-order valence-corrected chi connectivity index (χ0v) is 19.8. The molecule has 3 heterocycles. The second-order valence-electron chi connectivity index (χ2n) is 7.14. The molecule has 10 heteroatoms. The molecule has 0 radical (unpaired) electrons. The second kappa shape index (κ2) is 9.53. The first-order valence-electron chi connectivity index (χ1n) is 10.1. The minimum absolute atomic E-state index is 0.209. The van der Waals surface area contributed by atoms with Crippen molar-refractivity contribution in [3.05, 3.63) is 58.8 Å². The van der Waals surface area contributed by atoms with Crippen molar-refractivity contribution < 1.29 is 22.7 Å². The highest BCUT2D eigenvalue weighted by Gasteiger charge is 2.40. The lowest BCUT2D eigenvalue weighted by Crippen LogP contribution is -2.43. The molecule has 0 spiro atoms. The fourth-order valence-corrected chi connectivity index (χ4v) is 7.40. The highest BCUT2D eigenvalue weighted by Crippen LogP contribution is 2.36. The number of hydrogen-bond donors (Lipinski definition) is 1. The molecule has 4 rings (SSSR count). The minimum Gasteiger partial charge on any atom is -0.462 e. The van der Waals surface area contributed by atoms with Gasteiger partial charge >= 0.3 is 5.97 Å². The Kier molecular flexibility index (Phi) is 6.75. The molecule has 168 valence electrons. The molecular formula is C22H22N2O5S3. The molecule has 1 aromatic carbocycles. The summed E-state index contributed by atoms with van der Waals surface area (Å²) >= 11 is 2.36. The van der Waals surface area contributed by atoms with Gasteiger partial charge < -0.3 is 10.1 Å². The molecule has 0 bridgehead atoms. The quantitative estimate of drug-likeness (QED) is 0.494. The number of thiophene rings is 2. The number of esters is 1. The Labute approximate surface area is 194 Å². The van der Waals surface area contributed by atoms with E-state index in [1.54, 1.807) is 24.4 Å². The summed E-state index contributed by atoms with van der Waals surface area (Å²) in [7, 11) is -3.75. The van der Waals surface area contributed by atoms with E-state index in [-0.39, 0.29) is 22.2 Å². The van der Waals surface area contributed by atoms with Crippen molar-refractivity contribution >= 4 is 50.3 Å². The van der Waals surface area contributed by atoms with Crippen LogP contribution in [-0.2, 0) is 19.6 Å².